The number of H-pyrrole nitrogens is 1. The number of aromatic nitrogens is 4. The molecule has 0 radical (unpaired) electrons. The van der Waals surface area contributed by atoms with E-state index in [1.54, 1.807) is 12.1 Å². The van der Waals surface area contributed by atoms with Crippen molar-refractivity contribution < 1.29 is 4.79 Å². The van der Waals surface area contributed by atoms with Crippen LogP contribution in [0.1, 0.15) is 12.8 Å². The molecule has 3 N–H and O–H groups in total. The molecule has 0 unspecified atom stereocenters. The second-order valence-corrected chi connectivity index (χ2v) is 4.51. The van der Waals surface area contributed by atoms with Crippen LogP contribution in [-0.4, -0.2) is 38.8 Å². The minimum absolute atomic E-state index is 0.122. The standard InChI is InChI=1S/C11H14N6O2/c18-10(7-1-2-7)13-6-5-12-8-3-4-9-14-15-11(19)17(9)16-8/h3-4,7H,1-2,5-6H2,(H,12,16)(H,13,18)(H,15,19). The van der Waals surface area contributed by atoms with Crippen LogP contribution in [-0.2, 0) is 4.79 Å². The van der Waals surface area contributed by atoms with Gasteiger partial charge in [0.25, 0.3) is 0 Å². The zero-order valence-corrected chi connectivity index (χ0v) is 10.2. The number of hydrogen-bond acceptors (Lipinski definition) is 5. The lowest BCUT2D eigenvalue weighted by Crippen LogP contribution is -2.30. The minimum Gasteiger partial charge on any atom is -0.367 e. The van der Waals surface area contributed by atoms with Gasteiger partial charge in [0, 0.05) is 19.0 Å². The Bertz CT molecular complexity index is 656. The van der Waals surface area contributed by atoms with Gasteiger partial charge in [-0.2, -0.15) is 9.61 Å². The van der Waals surface area contributed by atoms with Crippen LogP contribution >= 0.6 is 0 Å². The third kappa shape index (κ3) is 2.56. The Morgan fingerprint density at radius 3 is 3.05 bits per heavy atom. The van der Waals surface area contributed by atoms with Gasteiger partial charge in [0.2, 0.25) is 5.91 Å². The monoisotopic (exact) mass is 262 g/mol. The smallest absolute Gasteiger partial charge is 0.364 e. The summed E-state index contributed by atoms with van der Waals surface area (Å²) in [6.45, 7) is 1.10. The number of amides is 1. The molecule has 1 aliphatic carbocycles. The summed E-state index contributed by atoms with van der Waals surface area (Å²) in [5, 5.41) is 16.1. The van der Waals surface area contributed by atoms with E-state index in [0.717, 1.165) is 12.8 Å². The van der Waals surface area contributed by atoms with E-state index in [-0.39, 0.29) is 17.5 Å². The van der Waals surface area contributed by atoms with Gasteiger partial charge < -0.3 is 10.6 Å². The molecular weight excluding hydrogens is 248 g/mol. The molecular formula is C11H14N6O2. The molecule has 8 nitrogen and oxygen atoms in total. The van der Waals surface area contributed by atoms with E-state index in [1.807, 2.05) is 0 Å². The molecule has 100 valence electrons. The molecule has 1 saturated carbocycles. The lowest BCUT2D eigenvalue weighted by molar-refractivity contribution is -0.122. The number of nitrogens with zero attached hydrogens (tertiary/aromatic N) is 3. The summed E-state index contributed by atoms with van der Waals surface area (Å²) in [6, 6.07) is 3.42. The molecule has 8 heteroatoms. The molecule has 0 atom stereocenters. The maximum absolute atomic E-state index is 11.4. The van der Waals surface area contributed by atoms with E-state index in [9.17, 15) is 9.59 Å². The highest BCUT2D eigenvalue weighted by Gasteiger charge is 2.28. The molecule has 0 saturated heterocycles. The van der Waals surface area contributed by atoms with E-state index in [1.165, 1.54) is 4.52 Å². The second kappa shape index (κ2) is 4.71. The van der Waals surface area contributed by atoms with Crippen LogP contribution in [0.4, 0.5) is 5.82 Å². The fourth-order valence-corrected chi connectivity index (χ4v) is 1.76. The first-order valence-electron chi connectivity index (χ1n) is 6.20. The number of nitrogens with one attached hydrogen (secondary N) is 3. The molecule has 3 rings (SSSR count). The van der Waals surface area contributed by atoms with Crippen molar-refractivity contribution in [3.05, 3.63) is 22.6 Å². The van der Waals surface area contributed by atoms with Crippen LogP contribution in [0.2, 0.25) is 0 Å². The van der Waals surface area contributed by atoms with E-state index in [2.05, 4.69) is 25.9 Å². The molecule has 1 amide bonds. The molecule has 2 aromatic rings. The van der Waals surface area contributed by atoms with E-state index < -0.39 is 0 Å². The highest BCUT2D eigenvalue weighted by molar-refractivity contribution is 5.80. The Morgan fingerprint density at radius 1 is 1.42 bits per heavy atom. The molecule has 1 aliphatic rings. The van der Waals surface area contributed by atoms with Crippen molar-refractivity contribution in [2.75, 3.05) is 18.4 Å². The van der Waals surface area contributed by atoms with E-state index in [0.29, 0.717) is 24.6 Å². The number of hydrogen-bond donors (Lipinski definition) is 3. The first kappa shape index (κ1) is 11.7. The Morgan fingerprint density at radius 2 is 2.26 bits per heavy atom. The minimum atomic E-state index is -0.374. The zero-order chi connectivity index (χ0) is 13.2. The average molecular weight is 262 g/mol. The van der Waals surface area contributed by atoms with Gasteiger partial charge in [-0.15, -0.1) is 5.10 Å². The Hall–Kier alpha value is -2.38. The van der Waals surface area contributed by atoms with Gasteiger partial charge in [0.15, 0.2) is 5.65 Å². The maximum Gasteiger partial charge on any atom is 0.364 e. The van der Waals surface area contributed by atoms with Gasteiger partial charge >= 0.3 is 5.69 Å². The van der Waals surface area contributed by atoms with Gasteiger partial charge in [-0.1, -0.05) is 0 Å². The van der Waals surface area contributed by atoms with Crippen molar-refractivity contribution in [2.24, 2.45) is 5.92 Å². The van der Waals surface area contributed by atoms with Crippen molar-refractivity contribution in [1.82, 2.24) is 25.1 Å². The average Bonchev–Trinajstić information content (AvgIpc) is 3.20. The molecule has 19 heavy (non-hydrogen) atoms. The number of fused-ring (bicyclic) bond motifs is 1. The SMILES string of the molecule is O=C(NCCNc1ccc2n[nH]c(=O)n2n1)C1CC1. The lowest BCUT2D eigenvalue weighted by Gasteiger charge is -2.06. The normalized spacial score (nSPS) is 14.5. The molecule has 0 spiro atoms. The number of aromatic amines is 1. The molecule has 1 fully saturated rings. The first-order valence-corrected chi connectivity index (χ1v) is 6.20. The van der Waals surface area contributed by atoms with Crippen LogP contribution in [0.15, 0.2) is 16.9 Å². The Balaban J connectivity index is 1.54. The van der Waals surface area contributed by atoms with Gasteiger partial charge in [0.1, 0.15) is 5.82 Å². The summed E-state index contributed by atoms with van der Waals surface area (Å²) in [5.74, 6) is 0.909. The lowest BCUT2D eigenvalue weighted by atomic mass is 10.4. The molecule has 0 aromatic carbocycles. The van der Waals surface area contributed by atoms with Crippen LogP contribution in [0.3, 0.4) is 0 Å². The fraction of sp³-hybridized carbons (Fsp3) is 0.455. The van der Waals surface area contributed by atoms with Crippen molar-refractivity contribution in [2.45, 2.75) is 12.8 Å². The summed E-state index contributed by atoms with van der Waals surface area (Å²) in [6.07, 6.45) is 2.00. The predicted octanol–water partition coefficient (Wildman–Crippen LogP) is -0.644. The summed E-state index contributed by atoms with van der Waals surface area (Å²) < 4.78 is 1.19. The van der Waals surface area contributed by atoms with Crippen molar-refractivity contribution in [3.63, 3.8) is 0 Å². The third-order valence-electron chi connectivity index (χ3n) is 2.95. The van der Waals surface area contributed by atoms with Crippen molar-refractivity contribution in [1.29, 1.82) is 0 Å². The number of carbonyl (C=O) groups is 1. The van der Waals surface area contributed by atoms with Crippen LogP contribution in [0, 0.1) is 5.92 Å². The van der Waals surface area contributed by atoms with Gasteiger partial charge in [-0.25, -0.2) is 9.89 Å². The van der Waals surface area contributed by atoms with Crippen molar-refractivity contribution >= 4 is 17.4 Å². The number of anilines is 1. The Labute approximate surface area is 108 Å². The highest BCUT2D eigenvalue weighted by atomic mass is 16.2. The predicted molar refractivity (Wildman–Crippen MR) is 67.8 cm³/mol. The summed E-state index contributed by atoms with van der Waals surface area (Å²) in [4.78, 5) is 22.7. The second-order valence-electron chi connectivity index (χ2n) is 4.51. The maximum atomic E-state index is 11.4. The van der Waals surface area contributed by atoms with Gasteiger partial charge in [-0.05, 0) is 25.0 Å². The molecule has 2 heterocycles. The Kier molecular flexibility index (Phi) is 2.90. The summed E-state index contributed by atoms with van der Waals surface area (Å²) >= 11 is 0. The molecule has 2 aromatic heterocycles. The quantitative estimate of drug-likeness (QED) is 0.621. The van der Waals surface area contributed by atoms with Crippen LogP contribution in [0.25, 0.3) is 5.65 Å². The highest BCUT2D eigenvalue weighted by Crippen LogP contribution is 2.28. The molecule has 0 bridgehead atoms. The third-order valence-corrected chi connectivity index (χ3v) is 2.95. The van der Waals surface area contributed by atoms with Gasteiger partial charge in [0.05, 0.1) is 0 Å². The zero-order valence-electron chi connectivity index (χ0n) is 10.2. The van der Waals surface area contributed by atoms with E-state index in [4.69, 9.17) is 0 Å². The number of rotatable bonds is 5. The van der Waals surface area contributed by atoms with E-state index >= 15 is 0 Å². The van der Waals surface area contributed by atoms with Crippen molar-refractivity contribution in [3.8, 4) is 0 Å². The summed E-state index contributed by atoms with van der Waals surface area (Å²) in [5.41, 5.74) is 0.0956. The van der Waals surface area contributed by atoms with Gasteiger partial charge in [-0.3, -0.25) is 4.79 Å². The van der Waals surface area contributed by atoms with Crippen LogP contribution in [0.5, 0.6) is 0 Å². The largest absolute Gasteiger partial charge is 0.367 e. The number of carbonyl (C=O) groups excluding carboxylic acids is 1. The fourth-order valence-electron chi connectivity index (χ4n) is 1.76. The first-order chi connectivity index (χ1) is 9.24. The topological polar surface area (TPSA) is 104 Å². The molecule has 0 aliphatic heterocycles. The summed E-state index contributed by atoms with van der Waals surface area (Å²) in [7, 11) is 0. The van der Waals surface area contributed by atoms with Crippen LogP contribution < -0.4 is 16.3 Å².